The summed E-state index contributed by atoms with van der Waals surface area (Å²) in [5.41, 5.74) is 1.09. The molecule has 1 amide bonds. The van der Waals surface area contributed by atoms with E-state index in [1.54, 1.807) is 6.20 Å². The molecule has 1 aromatic heterocycles. The first-order chi connectivity index (χ1) is 9.68. The van der Waals surface area contributed by atoms with E-state index in [-0.39, 0.29) is 18.0 Å². The van der Waals surface area contributed by atoms with Crippen LogP contribution in [0, 0.1) is 0 Å². The van der Waals surface area contributed by atoms with Gasteiger partial charge in [0.2, 0.25) is 5.91 Å². The summed E-state index contributed by atoms with van der Waals surface area (Å²) in [7, 11) is 0. The molecule has 1 unspecified atom stereocenters. The maximum absolute atomic E-state index is 12.7. The van der Waals surface area contributed by atoms with Crippen molar-refractivity contribution in [3.05, 3.63) is 30.1 Å². The van der Waals surface area contributed by atoms with E-state index in [0.717, 1.165) is 24.9 Å². The number of aromatic nitrogens is 1. The Morgan fingerprint density at radius 3 is 3.00 bits per heavy atom. The Balaban J connectivity index is 2.05. The minimum Gasteiger partial charge on any atom is -0.335 e. The van der Waals surface area contributed by atoms with Crippen molar-refractivity contribution in [1.29, 1.82) is 0 Å². The monoisotopic (exact) mass is 275 g/mol. The molecule has 1 aliphatic rings. The molecule has 2 heterocycles. The van der Waals surface area contributed by atoms with Crippen LogP contribution in [0.2, 0.25) is 0 Å². The van der Waals surface area contributed by atoms with Gasteiger partial charge in [-0.2, -0.15) is 0 Å². The number of pyridine rings is 1. The van der Waals surface area contributed by atoms with Crippen molar-refractivity contribution in [2.75, 3.05) is 6.54 Å². The van der Waals surface area contributed by atoms with E-state index in [1.807, 2.05) is 23.2 Å². The second-order valence-corrected chi connectivity index (χ2v) is 5.78. The standard InChI is InChI=1S/C16H25N3O/c1-13(2)19(12-14-7-6-9-17-11-14)16(20)15-8-4-3-5-10-18-15/h6-7,9,11,13,15,18H,3-5,8,10,12H2,1-2H3. The molecule has 4 nitrogen and oxygen atoms in total. The van der Waals surface area contributed by atoms with Gasteiger partial charge in [-0.1, -0.05) is 18.9 Å². The zero-order chi connectivity index (χ0) is 14.4. The molecule has 20 heavy (non-hydrogen) atoms. The highest BCUT2D eigenvalue weighted by atomic mass is 16.2. The Kier molecular flexibility index (Phi) is 5.53. The van der Waals surface area contributed by atoms with Crippen molar-refractivity contribution in [3.8, 4) is 0 Å². The van der Waals surface area contributed by atoms with Crippen LogP contribution >= 0.6 is 0 Å². The number of carbonyl (C=O) groups is 1. The topological polar surface area (TPSA) is 45.2 Å². The third-order valence-electron chi connectivity index (χ3n) is 3.84. The lowest BCUT2D eigenvalue weighted by molar-refractivity contribution is -0.136. The van der Waals surface area contributed by atoms with Gasteiger partial charge in [0.05, 0.1) is 6.04 Å². The summed E-state index contributed by atoms with van der Waals surface area (Å²) in [6.07, 6.45) is 8.09. The molecule has 0 spiro atoms. The molecule has 1 fully saturated rings. The van der Waals surface area contributed by atoms with E-state index in [4.69, 9.17) is 0 Å². The van der Waals surface area contributed by atoms with Crippen LogP contribution in [0.15, 0.2) is 24.5 Å². The molecule has 0 aromatic carbocycles. The first kappa shape index (κ1) is 15.0. The minimum absolute atomic E-state index is 0.0171. The van der Waals surface area contributed by atoms with Gasteiger partial charge in [-0.15, -0.1) is 0 Å². The van der Waals surface area contributed by atoms with Gasteiger partial charge in [0.25, 0.3) is 0 Å². The number of rotatable bonds is 4. The lowest BCUT2D eigenvalue weighted by Crippen LogP contribution is -2.48. The van der Waals surface area contributed by atoms with E-state index in [9.17, 15) is 4.79 Å². The van der Waals surface area contributed by atoms with Crippen molar-refractivity contribution in [1.82, 2.24) is 15.2 Å². The fourth-order valence-corrected chi connectivity index (χ4v) is 2.64. The molecule has 0 bridgehead atoms. The van der Waals surface area contributed by atoms with E-state index in [0.29, 0.717) is 6.54 Å². The van der Waals surface area contributed by atoms with Crippen LogP contribution in [0.1, 0.15) is 45.1 Å². The molecule has 0 radical (unpaired) electrons. The van der Waals surface area contributed by atoms with E-state index in [1.165, 1.54) is 12.8 Å². The summed E-state index contributed by atoms with van der Waals surface area (Å²) in [4.78, 5) is 18.8. The van der Waals surface area contributed by atoms with Crippen molar-refractivity contribution in [2.45, 2.75) is 58.2 Å². The Morgan fingerprint density at radius 1 is 1.45 bits per heavy atom. The van der Waals surface area contributed by atoms with Gasteiger partial charge in [-0.3, -0.25) is 9.78 Å². The van der Waals surface area contributed by atoms with Gasteiger partial charge in [-0.25, -0.2) is 0 Å². The molecule has 2 rings (SSSR count). The second-order valence-electron chi connectivity index (χ2n) is 5.78. The molecule has 0 saturated carbocycles. The molecular weight excluding hydrogens is 250 g/mol. The molecule has 1 aromatic rings. The maximum atomic E-state index is 12.7. The van der Waals surface area contributed by atoms with Gasteiger partial charge in [0.15, 0.2) is 0 Å². The van der Waals surface area contributed by atoms with Gasteiger partial charge in [-0.05, 0) is 44.9 Å². The zero-order valence-corrected chi connectivity index (χ0v) is 12.5. The number of carbonyl (C=O) groups excluding carboxylic acids is 1. The Hall–Kier alpha value is -1.42. The summed E-state index contributed by atoms with van der Waals surface area (Å²) in [5, 5.41) is 3.40. The second kappa shape index (κ2) is 7.39. The van der Waals surface area contributed by atoms with Gasteiger partial charge in [0.1, 0.15) is 0 Å². The Labute approximate surface area is 121 Å². The third-order valence-corrected chi connectivity index (χ3v) is 3.84. The third kappa shape index (κ3) is 4.04. The van der Waals surface area contributed by atoms with E-state index < -0.39 is 0 Å². The molecule has 1 N–H and O–H groups in total. The molecular formula is C16H25N3O. The fraction of sp³-hybridized carbons (Fsp3) is 0.625. The quantitative estimate of drug-likeness (QED) is 0.917. The molecule has 4 heteroatoms. The Morgan fingerprint density at radius 2 is 2.30 bits per heavy atom. The fourth-order valence-electron chi connectivity index (χ4n) is 2.64. The van der Waals surface area contributed by atoms with Crippen molar-refractivity contribution < 1.29 is 4.79 Å². The zero-order valence-electron chi connectivity index (χ0n) is 12.5. The summed E-state index contributed by atoms with van der Waals surface area (Å²) in [6, 6.07) is 4.13. The van der Waals surface area contributed by atoms with E-state index >= 15 is 0 Å². The summed E-state index contributed by atoms with van der Waals surface area (Å²) in [6.45, 7) is 5.74. The summed E-state index contributed by atoms with van der Waals surface area (Å²) in [5.74, 6) is 0.228. The number of hydrogen-bond donors (Lipinski definition) is 1. The summed E-state index contributed by atoms with van der Waals surface area (Å²) >= 11 is 0. The highest BCUT2D eigenvalue weighted by molar-refractivity contribution is 5.82. The average Bonchev–Trinajstić information content (AvgIpc) is 2.74. The predicted molar refractivity (Wildman–Crippen MR) is 80.2 cm³/mol. The highest BCUT2D eigenvalue weighted by Gasteiger charge is 2.26. The average molecular weight is 275 g/mol. The van der Waals surface area contributed by atoms with Crippen LogP contribution in [-0.4, -0.2) is 34.4 Å². The van der Waals surface area contributed by atoms with Gasteiger partial charge >= 0.3 is 0 Å². The first-order valence-corrected chi connectivity index (χ1v) is 7.61. The molecule has 1 aliphatic heterocycles. The molecule has 0 aliphatic carbocycles. The molecule has 110 valence electrons. The maximum Gasteiger partial charge on any atom is 0.240 e. The lowest BCUT2D eigenvalue weighted by Gasteiger charge is -2.30. The van der Waals surface area contributed by atoms with Crippen LogP contribution in [0.3, 0.4) is 0 Å². The van der Waals surface area contributed by atoms with Crippen LogP contribution in [-0.2, 0) is 11.3 Å². The number of hydrogen-bond acceptors (Lipinski definition) is 3. The Bertz CT molecular complexity index is 411. The smallest absolute Gasteiger partial charge is 0.240 e. The normalized spacial score (nSPS) is 19.6. The molecule has 1 atom stereocenters. The summed E-state index contributed by atoms with van der Waals surface area (Å²) < 4.78 is 0. The molecule has 1 saturated heterocycles. The number of nitrogens with one attached hydrogen (secondary N) is 1. The van der Waals surface area contributed by atoms with E-state index in [2.05, 4.69) is 24.1 Å². The van der Waals surface area contributed by atoms with Gasteiger partial charge < -0.3 is 10.2 Å². The lowest BCUT2D eigenvalue weighted by atomic mass is 10.1. The van der Waals surface area contributed by atoms with Crippen LogP contribution < -0.4 is 5.32 Å². The highest BCUT2D eigenvalue weighted by Crippen LogP contribution is 2.14. The minimum atomic E-state index is -0.0171. The van der Waals surface area contributed by atoms with Gasteiger partial charge in [0, 0.05) is 25.0 Å². The van der Waals surface area contributed by atoms with Crippen LogP contribution in [0.4, 0.5) is 0 Å². The van der Waals surface area contributed by atoms with Crippen molar-refractivity contribution in [2.24, 2.45) is 0 Å². The van der Waals surface area contributed by atoms with Crippen molar-refractivity contribution >= 4 is 5.91 Å². The SMILES string of the molecule is CC(C)N(Cc1cccnc1)C(=O)C1CCCCCN1. The largest absolute Gasteiger partial charge is 0.335 e. The predicted octanol–water partition coefficient (Wildman–Crippen LogP) is 2.35. The van der Waals surface area contributed by atoms with Crippen molar-refractivity contribution in [3.63, 3.8) is 0 Å². The number of nitrogens with zero attached hydrogens (tertiary/aromatic N) is 2. The van der Waals surface area contributed by atoms with Crippen LogP contribution in [0.25, 0.3) is 0 Å². The number of amides is 1. The van der Waals surface area contributed by atoms with Crippen LogP contribution in [0.5, 0.6) is 0 Å². The first-order valence-electron chi connectivity index (χ1n) is 7.61.